The Balaban J connectivity index is 2.91. The zero-order chi connectivity index (χ0) is 19.2. The monoisotopic (exact) mass is 370 g/mol. The zero-order valence-corrected chi connectivity index (χ0v) is 15.8. The Bertz CT molecular complexity index is 698. The van der Waals surface area contributed by atoms with Crippen molar-refractivity contribution in [2.75, 3.05) is 7.05 Å². The van der Waals surface area contributed by atoms with Crippen LogP contribution in [0.25, 0.3) is 0 Å². The van der Waals surface area contributed by atoms with E-state index in [9.17, 15) is 18.0 Å². The molecule has 0 aliphatic carbocycles. The Kier molecular flexibility index (Phi) is 7.57. The van der Waals surface area contributed by atoms with E-state index in [4.69, 9.17) is 5.11 Å². The minimum Gasteiger partial charge on any atom is -0.480 e. The van der Waals surface area contributed by atoms with Gasteiger partial charge in [-0.3, -0.25) is 4.79 Å². The molecular weight excluding hydrogens is 344 g/mol. The van der Waals surface area contributed by atoms with Gasteiger partial charge >= 0.3 is 5.97 Å². The molecule has 1 amide bonds. The summed E-state index contributed by atoms with van der Waals surface area (Å²) in [5.41, 5.74) is 0.217. The van der Waals surface area contributed by atoms with Crippen molar-refractivity contribution in [3.63, 3.8) is 0 Å². The van der Waals surface area contributed by atoms with E-state index < -0.39 is 27.9 Å². The summed E-state index contributed by atoms with van der Waals surface area (Å²) in [4.78, 5) is 23.5. The predicted octanol–water partition coefficient (Wildman–Crippen LogP) is 2.09. The number of nitrogens with one attached hydrogen (secondary N) is 1. The van der Waals surface area contributed by atoms with E-state index in [0.29, 0.717) is 12.8 Å². The number of carbonyl (C=O) groups excluding carboxylic acids is 1. The SMILES string of the molecule is CCCC[C@H](NC(=O)c1ccc(S(=O)(=O)N(C)C(C)C)cc1)C(=O)O. The summed E-state index contributed by atoms with van der Waals surface area (Å²) in [7, 11) is -2.13. The quantitative estimate of drug-likeness (QED) is 0.693. The van der Waals surface area contributed by atoms with Crippen molar-refractivity contribution in [1.29, 1.82) is 0 Å². The number of sulfonamides is 1. The first-order valence-electron chi connectivity index (χ1n) is 8.23. The van der Waals surface area contributed by atoms with Crippen LogP contribution in [0.15, 0.2) is 29.2 Å². The number of carbonyl (C=O) groups is 2. The maximum Gasteiger partial charge on any atom is 0.326 e. The lowest BCUT2D eigenvalue weighted by atomic mass is 10.1. The third kappa shape index (κ3) is 5.54. The van der Waals surface area contributed by atoms with Gasteiger partial charge in [0.25, 0.3) is 5.91 Å². The first-order valence-corrected chi connectivity index (χ1v) is 9.67. The Morgan fingerprint density at radius 2 is 1.76 bits per heavy atom. The van der Waals surface area contributed by atoms with Gasteiger partial charge < -0.3 is 10.4 Å². The van der Waals surface area contributed by atoms with E-state index in [-0.39, 0.29) is 16.5 Å². The molecule has 0 aliphatic rings. The summed E-state index contributed by atoms with van der Waals surface area (Å²) >= 11 is 0. The fraction of sp³-hybridized carbons (Fsp3) is 0.529. The number of rotatable bonds is 9. The fourth-order valence-corrected chi connectivity index (χ4v) is 3.50. The molecule has 140 valence electrons. The minimum absolute atomic E-state index is 0.0843. The molecule has 0 heterocycles. The number of aliphatic carboxylic acids is 1. The summed E-state index contributed by atoms with van der Waals surface area (Å²) in [6.45, 7) is 5.47. The van der Waals surface area contributed by atoms with Crippen molar-refractivity contribution in [3.8, 4) is 0 Å². The third-order valence-electron chi connectivity index (χ3n) is 3.97. The molecule has 0 fully saturated rings. The molecule has 0 saturated carbocycles. The van der Waals surface area contributed by atoms with Gasteiger partial charge in [-0.15, -0.1) is 0 Å². The van der Waals surface area contributed by atoms with Crippen molar-refractivity contribution < 1.29 is 23.1 Å². The number of unbranched alkanes of at least 4 members (excludes halogenated alkanes) is 1. The van der Waals surface area contributed by atoms with Crippen LogP contribution < -0.4 is 5.32 Å². The summed E-state index contributed by atoms with van der Waals surface area (Å²) < 4.78 is 26.0. The number of benzene rings is 1. The molecule has 0 radical (unpaired) electrons. The maximum absolute atomic E-state index is 12.4. The standard InChI is InChI=1S/C17H26N2O5S/c1-5-6-7-15(17(21)22)18-16(20)13-8-10-14(11-9-13)25(23,24)19(4)12(2)3/h8-12,15H,5-7H2,1-4H3,(H,18,20)(H,21,22)/t15-/m0/s1. The van der Waals surface area contributed by atoms with E-state index >= 15 is 0 Å². The molecule has 25 heavy (non-hydrogen) atoms. The number of amides is 1. The molecule has 7 nitrogen and oxygen atoms in total. The van der Waals surface area contributed by atoms with Gasteiger partial charge in [0, 0.05) is 18.7 Å². The average Bonchev–Trinajstić information content (AvgIpc) is 2.57. The first kappa shape index (κ1) is 21.1. The molecule has 2 N–H and O–H groups in total. The minimum atomic E-state index is -3.62. The van der Waals surface area contributed by atoms with Gasteiger partial charge in [0.15, 0.2) is 0 Å². The second-order valence-electron chi connectivity index (χ2n) is 6.15. The summed E-state index contributed by atoms with van der Waals surface area (Å²) in [5, 5.41) is 11.6. The molecule has 8 heteroatoms. The molecule has 0 spiro atoms. The van der Waals surface area contributed by atoms with Gasteiger partial charge in [-0.25, -0.2) is 13.2 Å². The Labute approximate surface area is 149 Å². The zero-order valence-electron chi connectivity index (χ0n) is 15.0. The third-order valence-corrected chi connectivity index (χ3v) is 6.02. The van der Waals surface area contributed by atoms with Crippen LogP contribution in [-0.2, 0) is 14.8 Å². The molecule has 0 unspecified atom stereocenters. The fourth-order valence-electron chi connectivity index (χ4n) is 2.13. The molecular formula is C17H26N2O5S. The van der Waals surface area contributed by atoms with Crippen molar-refractivity contribution in [3.05, 3.63) is 29.8 Å². The number of nitrogens with zero attached hydrogens (tertiary/aromatic N) is 1. The molecule has 0 saturated heterocycles. The molecule has 0 aromatic heterocycles. The second-order valence-corrected chi connectivity index (χ2v) is 8.14. The predicted molar refractivity (Wildman–Crippen MR) is 94.9 cm³/mol. The van der Waals surface area contributed by atoms with Crippen molar-refractivity contribution in [2.45, 2.75) is 57.0 Å². The van der Waals surface area contributed by atoms with Gasteiger partial charge in [-0.1, -0.05) is 19.8 Å². The van der Waals surface area contributed by atoms with Crippen LogP contribution in [0, 0.1) is 0 Å². The lowest BCUT2D eigenvalue weighted by molar-refractivity contribution is -0.139. The van der Waals surface area contributed by atoms with Crippen LogP contribution in [-0.4, -0.2) is 48.8 Å². The van der Waals surface area contributed by atoms with Crippen molar-refractivity contribution in [1.82, 2.24) is 9.62 Å². The topological polar surface area (TPSA) is 104 Å². The Morgan fingerprint density at radius 3 is 2.20 bits per heavy atom. The lowest BCUT2D eigenvalue weighted by Gasteiger charge is -2.21. The number of carboxylic acids is 1. The van der Waals surface area contributed by atoms with Crippen LogP contribution in [0.4, 0.5) is 0 Å². The number of hydrogen-bond donors (Lipinski definition) is 2. The smallest absolute Gasteiger partial charge is 0.326 e. The second kappa shape index (κ2) is 8.96. The van der Waals surface area contributed by atoms with E-state index in [2.05, 4.69) is 5.32 Å². The van der Waals surface area contributed by atoms with E-state index in [1.807, 2.05) is 6.92 Å². The van der Waals surface area contributed by atoms with Crippen LogP contribution in [0.5, 0.6) is 0 Å². The Hall–Kier alpha value is -1.93. The van der Waals surface area contributed by atoms with Crippen LogP contribution in [0.1, 0.15) is 50.4 Å². The van der Waals surface area contributed by atoms with E-state index in [1.165, 1.54) is 35.6 Å². The Morgan fingerprint density at radius 1 is 1.20 bits per heavy atom. The highest BCUT2D eigenvalue weighted by Gasteiger charge is 2.24. The average molecular weight is 370 g/mol. The molecule has 0 aliphatic heterocycles. The van der Waals surface area contributed by atoms with E-state index in [1.54, 1.807) is 13.8 Å². The molecule has 1 atom stereocenters. The van der Waals surface area contributed by atoms with Crippen molar-refractivity contribution in [2.24, 2.45) is 0 Å². The molecule has 0 bridgehead atoms. The highest BCUT2D eigenvalue weighted by molar-refractivity contribution is 7.89. The number of carboxylic acid groups (broad SMARTS) is 1. The lowest BCUT2D eigenvalue weighted by Crippen LogP contribution is -2.40. The van der Waals surface area contributed by atoms with Gasteiger partial charge in [-0.2, -0.15) is 4.31 Å². The van der Waals surface area contributed by atoms with Gasteiger partial charge in [0.05, 0.1) is 4.90 Å². The largest absolute Gasteiger partial charge is 0.480 e. The molecule has 1 aromatic carbocycles. The maximum atomic E-state index is 12.4. The highest BCUT2D eigenvalue weighted by atomic mass is 32.2. The van der Waals surface area contributed by atoms with Gasteiger partial charge in [-0.05, 0) is 44.5 Å². The summed E-state index contributed by atoms with van der Waals surface area (Å²) in [6, 6.07) is 4.32. The van der Waals surface area contributed by atoms with Crippen LogP contribution >= 0.6 is 0 Å². The van der Waals surface area contributed by atoms with E-state index in [0.717, 1.165) is 6.42 Å². The highest BCUT2D eigenvalue weighted by Crippen LogP contribution is 2.17. The summed E-state index contributed by atoms with van der Waals surface area (Å²) in [5.74, 6) is -1.62. The van der Waals surface area contributed by atoms with Crippen molar-refractivity contribution >= 4 is 21.9 Å². The first-order chi connectivity index (χ1) is 11.6. The molecule has 1 rings (SSSR count). The molecule has 1 aromatic rings. The van der Waals surface area contributed by atoms with Gasteiger partial charge in [0.2, 0.25) is 10.0 Å². The van der Waals surface area contributed by atoms with Gasteiger partial charge in [0.1, 0.15) is 6.04 Å². The summed E-state index contributed by atoms with van der Waals surface area (Å²) in [6.07, 6.45) is 1.87. The normalized spacial score (nSPS) is 13.0. The van der Waals surface area contributed by atoms with Crippen LogP contribution in [0.2, 0.25) is 0 Å². The van der Waals surface area contributed by atoms with Crippen LogP contribution in [0.3, 0.4) is 0 Å². The number of hydrogen-bond acceptors (Lipinski definition) is 4.